The molecule has 1 heterocycles. The first kappa shape index (κ1) is 20.8. The van der Waals surface area contributed by atoms with Crippen molar-refractivity contribution in [3.8, 4) is 0 Å². The van der Waals surface area contributed by atoms with Crippen molar-refractivity contribution in [3.63, 3.8) is 0 Å². The minimum Gasteiger partial charge on any atom is -0.269 e. The molecule has 28 heavy (non-hydrogen) atoms. The van der Waals surface area contributed by atoms with Crippen LogP contribution in [0.3, 0.4) is 0 Å². The summed E-state index contributed by atoms with van der Waals surface area (Å²) in [6.45, 7) is 13.7. The smallest absolute Gasteiger partial charge is 0.254 e. The van der Waals surface area contributed by atoms with Gasteiger partial charge in [-0.15, -0.1) is 0 Å². The summed E-state index contributed by atoms with van der Waals surface area (Å²) in [7, 11) is 0. The Morgan fingerprint density at radius 3 is 2.00 bits per heavy atom. The lowest BCUT2D eigenvalue weighted by Crippen LogP contribution is -2.35. The van der Waals surface area contributed by atoms with Crippen LogP contribution in [-0.4, -0.2) is 16.7 Å². The van der Waals surface area contributed by atoms with Crippen molar-refractivity contribution in [1.82, 2.24) is 4.90 Å². The first-order valence-corrected chi connectivity index (χ1v) is 10.8. The van der Waals surface area contributed by atoms with Crippen molar-refractivity contribution >= 4 is 11.8 Å². The van der Waals surface area contributed by atoms with Gasteiger partial charge in [0.05, 0.1) is 6.04 Å². The van der Waals surface area contributed by atoms with E-state index in [0.717, 1.165) is 25.7 Å². The molecule has 0 bridgehead atoms. The minimum atomic E-state index is -0.167. The number of fused-ring (bicyclic) bond motifs is 1. The number of hydrogen-bond donors (Lipinski definition) is 0. The lowest BCUT2D eigenvalue weighted by molar-refractivity contribution is -0.139. The van der Waals surface area contributed by atoms with Gasteiger partial charge in [0.2, 0.25) is 0 Å². The van der Waals surface area contributed by atoms with Crippen molar-refractivity contribution in [2.45, 2.75) is 78.7 Å². The molecule has 2 amide bonds. The van der Waals surface area contributed by atoms with Crippen molar-refractivity contribution in [2.75, 3.05) is 0 Å². The van der Waals surface area contributed by atoms with Crippen LogP contribution in [0.5, 0.6) is 0 Å². The Bertz CT molecular complexity index is 760. The lowest BCUT2D eigenvalue weighted by atomic mass is 9.68. The highest BCUT2D eigenvalue weighted by Crippen LogP contribution is 2.55. The van der Waals surface area contributed by atoms with Gasteiger partial charge in [0.25, 0.3) is 11.8 Å². The maximum absolute atomic E-state index is 12.5. The fourth-order valence-corrected chi connectivity index (χ4v) is 5.70. The summed E-state index contributed by atoms with van der Waals surface area (Å²) in [4.78, 5) is 26.5. The number of carbonyl (C=O) groups excluding carboxylic acids is 2. The standard InChI is InChI=1S/C25H35NO2/c1-16(2)12-19-8-7-9-20-21(26-22(27)10-11-23(26)28)15-25(24(19)20,13-17(3)4)14-18(5)6/h7-11,16-18,21H,12-15H2,1-6H3/t21-/m0/s1. The van der Waals surface area contributed by atoms with Gasteiger partial charge in [-0.05, 0) is 65.5 Å². The monoisotopic (exact) mass is 381 g/mol. The van der Waals surface area contributed by atoms with Gasteiger partial charge < -0.3 is 0 Å². The molecular weight excluding hydrogens is 346 g/mol. The second-order valence-electron chi connectivity index (χ2n) is 10.1. The zero-order valence-corrected chi connectivity index (χ0v) is 18.3. The molecule has 2 aliphatic rings. The zero-order valence-electron chi connectivity index (χ0n) is 18.3. The van der Waals surface area contributed by atoms with Crippen molar-refractivity contribution < 1.29 is 9.59 Å². The molecule has 0 spiro atoms. The van der Waals surface area contributed by atoms with E-state index in [4.69, 9.17) is 0 Å². The molecule has 0 saturated heterocycles. The van der Waals surface area contributed by atoms with E-state index in [9.17, 15) is 9.59 Å². The van der Waals surface area contributed by atoms with E-state index >= 15 is 0 Å². The summed E-state index contributed by atoms with van der Waals surface area (Å²) in [5.74, 6) is 1.35. The molecule has 0 N–H and O–H groups in total. The number of nitrogens with zero attached hydrogens (tertiary/aromatic N) is 1. The van der Waals surface area contributed by atoms with Crippen LogP contribution < -0.4 is 0 Å². The predicted molar refractivity (Wildman–Crippen MR) is 114 cm³/mol. The summed E-state index contributed by atoms with van der Waals surface area (Å²) >= 11 is 0. The maximum Gasteiger partial charge on any atom is 0.254 e. The predicted octanol–water partition coefficient (Wildman–Crippen LogP) is 5.58. The first-order chi connectivity index (χ1) is 13.1. The number of amides is 2. The lowest BCUT2D eigenvalue weighted by Gasteiger charge is -2.36. The molecule has 1 aromatic carbocycles. The van der Waals surface area contributed by atoms with Crippen LogP contribution in [0.2, 0.25) is 0 Å². The van der Waals surface area contributed by atoms with E-state index < -0.39 is 0 Å². The van der Waals surface area contributed by atoms with Crippen LogP contribution in [0, 0.1) is 17.8 Å². The first-order valence-electron chi connectivity index (χ1n) is 10.8. The topological polar surface area (TPSA) is 37.4 Å². The van der Waals surface area contributed by atoms with Gasteiger partial charge in [-0.2, -0.15) is 0 Å². The summed E-state index contributed by atoms with van der Waals surface area (Å²) in [6.07, 6.45) is 6.91. The highest BCUT2D eigenvalue weighted by Gasteiger charge is 2.49. The van der Waals surface area contributed by atoms with Crippen LogP contribution in [0.25, 0.3) is 0 Å². The van der Waals surface area contributed by atoms with Crippen LogP contribution in [0.1, 0.15) is 83.5 Å². The number of benzene rings is 1. The molecule has 1 aliphatic carbocycles. The van der Waals surface area contributed by atoms with Gasteiger partial charge in [0.1, 0.15) is 0 Å². The zero-order chi connectivity index (χ0) is 20.6. The van der Waals surface area contributed by atoms with Crippen molar-refractivity contribution in [2.24, 2.45) is 17.8 Å². The van der Waals surface area contributed by atoms with Gasteiger partial charge in [0, 0.05) is 12.2 Å². The van der Waals surface area contributed by atoms with E-state index in [1.807, 2.05) is 0 Å². The fourth-order valence-electron chi connectivity index (χ4n) is 5.70. The number of rotatable bonds is 7. The highest BCUT2D eigenvalue weighted by molar-refractivity contribution is 6.13. The number of hydrogen-bond acceptors (Lipinski definition) is 2. The van der Waals surface area contributed by atoms with E-state index in [2.05, 4.69) is 59.7 Å². The Morgan fingerprint density at radius 2 is 1.50 bits per heavy atom. The molecule has 0 saturated carbocycles. The molecule has 0 aromatic heterocycles. The van der Waals surface area contributed by atoms with Gasteiger partial charge >= 0.3 is 0 Å². The third-order valence-corrected chi connectivity index (χ3v) is 6.04. The van der Waals surface area contributed by atoms with Crippen LogP contribution >= 0.6 is 0 Å². The molecule has 0 fully saturated rings. The number of carbonyl (C=O) groups is 2. The third-order valence-electron chi connectivity index (χ3n) is 6.04. The molecule has 1 atom stereocenters. The van der Waals surface area contributed by atoms with E-state index in [1.54, 1.807) is 0 Å². The van der Waals surface area contributed by atoms with Gasteiger partial charge in [0.15, 0.2) is 0 Å². The second-order valence-corrected chi connectivity index (χ2v) is 10.1. The molecule has 1 aromatic rings. The molecule has 3 heteroatoms. The molecule has 0 unspecified atom stereocenters. The Morgan fingerprint density at radius 1 is 0.929 bits per heavy atom. The molecular formula is C25H35NO2. The largest absolute Gasteiger partial charge is 0.269 e. The maximum atomic E-state index is 12.5. The molecule has 0 radical (unpaired) electrons. The van der Waals surface area contributed by atoms with Gasteiger partial charge in [-0.3, -0.25) is 14.5 Å². The SMILES string of the molecule is CC(C)Cc1cccc2c1C(CC(C)C)(CC(C)C)C[C@@H]2N1C(=O)C=CC1=O. The van der Waals surface area contributed by atoms with E-state index in [-0.39, 0.29) is 23.3 Å². The summed E-state index contributed by atoms with van der Waals surface area (Å²) in [6, 6.07) is 6.39. The van der Waals surface area contributed by atoms with Crippen molar-refractivity contribution in [3.05, 3.63) is 47.0 Å². The Balaban J connectivity index is 2.18. The minimum absolute atomic E-state index is 0.0248. The van der Waals surface area contributed by atoms with Crippen LogP contribution in [0.4, 0.5) is 0 Å². The Hall–Kier alpha value is -1.90. The summed E-state index contributed by atoms with van der Waals surface area (Å²) in [5.41, 5.74) is 4.06. The van der Waals surface area contributed by atoms with Gasteiger partial charge in [-0.25, -0.2) is 0 Å². The molecule has 152 valence electrons. The average molecular weight is 382 g/mol. The Kier molecular flexibility index (Phi) is 5.84. The normalized spacial score (nSPS) is 20.9. The Labute approximate surface area is 170 Å². The molecule has 3 nitrogen and oxygen atoms in total. The van der Waals surface area contributed by atoms with E-state index in [0.29, 0.717) is 17.8 Å². The molecule has 1 aliphatic heterocycles. The summed E-state index contributed by atoms with van der Waals surface area (Å²) < 4.78 is 0. The fraction of sp³-hybridized carbons (Fsp3) is 0.600. The van der Waals surface area contributed by atoms with Crippen molar-refractivity contribution in [1.29, 1.82) is 0 Å². The molecule has 3 rings (SSSR count). The van der Waals surface area contributed by atoms with E-state index in [1.165, 1.54) is 33.7 Å². The third kappa shape index (κ3) is 3.81. The van der Waals surface area contributed by atoms with Crippen LogP contribution in [-0.2, 0) is 21.4 Å². The number of imide groups is 1. The van der Waals surface area contributed by atoms with Gasteiger partial charge in [-0.1, -0.05) is 59.7 Å². The van der Waals surface area contributed by atoms with Crippen LogP contribution in [0.15, 0.2) is 30.4 Å². The average Bonchev–Trinajstić information content (AvgIpc) is 3.04. The summed E-state index contributed by atoms with van der Waals surface area (Å²) in [5, 5.41) is 0. The quantitative estimate of drug-likeness (QED) is 0.578. The highest BCUT2D eigenvalue weighted by atomic mass is 16.2. The second kappa shape index (κ2) is 7.85.